The summed E-state index contributed by atoms with van der Waals surface area (Å²) in [6, 6.07) is 5.36. The summed E-state index contributed by atoms with van der Waals surface area (Å²) < 4.78 is 17.1. The van der Waals surface area contributed by atoms with E-state index in [-0.39, 0.29) is 12.2 Å². The van der Waals surface area contributed by atoms with Crippen molar-refractivity contribution in [1.29, 1.82) is 0 Å². The van der Waals surface area contributed by atoms with E-state index in [9.17, 15) is 4.79 Å². The minimum atomic E-state index is -0.506. The molecule has 1 saturated carbocycles. The van der Waals surface area contributed by atoms with Crippen LogP contribution < -0.4 is 0 Å². The van der Waals surface area contributed by atoms with Crippen LogP contribution in [0.15, 0.2) is 22.7 Å². The molecule has 2 aromatic rings. The van der Waals surface area contributed by atoms with Gasteiger partial charge in [-0.1, -0.05) is 34.4 Å². The fourth-order valence-electron chi connectivity index (χ4n) is 3.27. The molecular formula is C21H24Cl2N2O4. The molecule has 6 nitrogen and oxygen atoms in total. The molecule has 2 fully saturated rings. The van der Waals surface area contributed by atoms with Crippen LogP contribution in [0, 0.1) is 0 Å². The smallest absolute Gasteiger partial charge is 0.410 e. The third kappa shape index (κ3) is 4.55. The van der Waals surface area contributed by atoms with Gasteiger partial charge >= 0.3 is 6.09 Å². The van der Waals surface area contributed by atoms with Crippen molar-refractivity contribution >= 4 is 29.3 Å². The average molecular weight is 439 g/mol. The number of amides is 1. The van der Waals surface area contributed by atoms with Crippen molar-refractivity contribution in [3.63, 3.8) is 0 Å². The van der Waals surface area contributed by atoms with Crippen LogP contribution in [0.25, 0.3) is 11.3 Å². The molecule has 4 rings (SSSR count). The predicted octanol–water partition coefficient (Wildman–Crippen LogP) is 5.66. The fourth-order valence-corrected chi connectivity index (χ4v) is 3.84. The third-order valence-electron chi connectivity index (χ3n) is 4.93. The average Bonchev–Trinajstić information content (AvgIpc) is 3.33. The Labute approximate surface area is 180 Å². The summed E-state index contributed by atoms with van der Waals surface area (Å²) in [5.74, 6) is 1.22. The Morgan fingerprint density at radius 1 is 1.24 bits per heavy atom. The number of rotatable bonds is 5. The largest absolute Gasteiger partial charge is 0.444 e. The van der Waals surface area contributed by atoms with Gasteiger partial charge in [-0.25, -0.2) is 4.79 Å². The van der Waals surface area contributed by atoms with Gasteiger partial charge in [-0.05, 0) is 45.7 Å². The molecule has 1 aromatic heterocycles. The first-order valence-electron chi connectivity index (χ1n) is 9.75. The zero-order valence-electron chi connectivity index (χ0n) is 16.7. The summed E-state index contributed by atoms with van der Waals surface area (Å²) in [7, 11) is 0. The molecule has 1 saturated heterocycles. The summed E-state index contributed by atoms with van der Waals surface area (Å²) in [6.45, 7) is 6.89. The van der Waals surface area contributed by atoms with Gasteiger partial charge < -0.3 is 18.9 Å². The minimum absolute atomic E-state index is 0.0564. The molecule has 0 atom stereocenters. The Morgan fingerprint density at radius 3 is 2.48 bits per heavy atom. The van der Waals surface area contributed by atoms with Crippen molar-refractivity contribution in [2.45, 2.75) is 57.8 Å². The quantitative estimate of drug-likeness (QED) is 0.602. The molecule has 1 aliphatic heterocycles. The van der Waals surface area contributed by atoms with Crippen LogP contribution in [0.5, 0.6) is 0 Å². The zero-order valence-corrected chi connectivity index (χ0v) is 18.2. The van der Waals surface area contributed by atoms with Crippen LogP contribution in [0.4, 0.5) is 4.79 Å². The van der Waals surface area contributed by atoms with Gasteiger partial charge in [-0.3, -0.25) is 0 Å². The lowest BCUT2D eigenvalue weighted by Crippen LogP contribution is -2.55. The maximum Gasteiger partial charge on any atom is 0.410 e. The van der Waals surface area contributed by atoms with E-state index >= 15 is 0 Å². The highest BCUT2D eigenvalue weighted by atomic mass is 35.5. The molecule has 0 N–H and O–H groups in total. The normalized spacial score (nSPS) is 17.3. The second-order valence-corrected chi connectivity index (χ2v) is 9.38. The van der Waals surface area contributed by atoms with Crippen molar-refractivity contribution in [1.82, 2.24) is 10.1 Å². The van der Waals surface area contributed by atoms with Crippen LogP contribution in [-0.2, 0) is 16.1 Å². The lowest BCUT2D eigenvalue weighted by Gasteiger charge is -2.39. The van der Waals surface area contributed by atoms with Gasteiger partial charge in [0, 0.05) is 17.0 Å². The van der Waals surface area contributed by atoms with E-state index in [0.717, 1.165) is 24.2 Å². The Kier molecular flexibility index (Phi) is 5.53. The number of hydrogen-bond acceptors (Lipinski definition) is 5. The highest BCUT2D eigenvalue weighted by molar-refractivity contribution is 6.39. The molecule has 2 aliphatic rings. The molecule has 1 amide bonds. The van der Waals surface area contributed by atoms with E-state index in [1.165, 1.54) is 0 Å². The van der Waals surface area contributed by atoms with Gasteiger partial charge in [0.05, 0.1) is 35.8 Å². The molecule has 8 heteroatoms. The lowest BCUT2D eigenvalue weighted by molar-refractivity contribution is -0.0692. The number of halogens is 2. The summed E-state index contributed by atoms with van der Waals surface area (Å²) in [6.07, 6.45) is 1.78. The van der Waals surface area contributed by atoms with Crippen molar-refractivity contribution in [3.8, 4) is 11.3 Å². The van der Waals surface area contributed by atoms with E-state index < -0.39 is 5.60 Å². The highest BCUT2D eigenvalue weighted by Crippen LogP contribution is 2.46. The summed E-state index contributed by atoms with van der Waals surface area (Å²) in [5.41, 5.74) is 1.67. The Hall–Kier alpha value is -1.76. The number of hydrogen-bond donors (Lipinski definition) is 0. The van der Waals surface area contributed by atoms with Crippen molar-refractivity contribution < 1.29 is 18.8 Å². The van der Waals surface area contributed by atoms with Crippen LogP contribution >= 0.6 is 23.2 Å². The van der Waals surface area contributed by atoms with E-state index in [1.54, 1.807) is 23.1 Å². The minimum Gasteiger partial charge on any atom is -0.444 e. The monoisotopic (exact) mass is 438 g/mol. The number of nitrogens with zero attached hydrogens (tertiary/aromatic N) is 2. The van der Waals surface area contributed by atoms with E-state index in [1.807, 2.05) is 20.8 Å². The number of aromatic nitrogens is 1. The number of carbonyl (C=O) groups is 1. The standard InChI is InChI=1S/C21H24Cl2N2O4/c1-21(2,3)28-20(26)25-9-13(10-25)27-11-14-18(24-29-19(14)12-7-8-12)17-15(22)5-4-6-16(17)23/h4-6,12-13H,7-11H2,1-3H3. The molecular weight excluding hydrogens is 415 g/mol. The Balaban J connectivity index is 1.45. The van der Waals surface area contributed by atoms with E-state index in [0.29, 0.717) is 46.9 Å². The van der Waals surface area contributed by atoms with Crippen LogP contribution in [0.2, 0.25) is 10.0 Å². The van der Waals surface area contributed by atoms with Crippen molar-refractivity contribution in [2.24, 2.45) is 0 Å². The molecule has 0 unspecified atom stereocenters. The topological polar surface area (TPSA) is 64.8 Å². The summed E-state index contributed by atoms with van der Waals surface area (Å²) in [5, 5.41) is 5.31. The third-order valence-corrected chi connectivity index (χ3v) is 5.56. The van der Waals surface area contributed by atoms with Gasteiger partial charge in [0.1, 0.15) is 17.1 Å². The maximum absolute atomic E-state index is 12.1. The molecule has 0 spiro atoms. The number of ether oxygens (including phenoxy) is 2. The van der Waals surface area contributed by atoms with E-state index in [2.05, 4.69) is 5.16 Å². The molecule has 29 heavy (non-hydrogen) atoms. The molecule has 0 bridgehead atoms. The number of benzene rings is 1. The van der Waals surface area contributed by atoms with Crippen molar-refractivity contribution in [2.75, 3.05) is 13.1 Å². The molecule has 0 radical (unpaired) electrons. The van der Waals surface area contributed by atoms with Gasteiger partial charge in [0.25, 0.3) is 0 Å². The lowest BCUT2D eigenvalue weighted by atomic mass is 10.0. The van der Waals surface area contributed by atoms with Gasteiger partial charge in [0.15, 0.2) is 0 Å². The summed E-state index contributed by atoms with van der Waals surface area (Å²) in [4.78, 5) is 13.7. The fraction of sp³-hybridized carbons (Fsp3) is 0.524. The molecule has 2 heterocycles. The second-order valence-electron chi connectivity index (χ2n) is 8.56. The number of carbonyl (C=O) groups excluding carboxylic acids is 1. The Morgan fingerprint density at radius 2 is 1.90 bits per heavy atom. The van der Waals surface area contributed by atoms with Crippen LogP contribution in [-0.4, -0.2) is 40.9 Å². The molecule has 1 aromatic carbocycles. The Bertz CT molecular complexity index is 892. The SMILES string of the molecule is CC(C)(C)OC(=O)N1CC(OCc2c(-c3c(Cl)cccc3Cl)noc2C2CC2)C1. The molecule has 1 aliphatic carbocycles. The van der Waals surface area contributed by atoms with Gasteiger partial charge in [-0.15, -0.1) is 0 Å². The van der Waals surface area contributed by atoms with Gasteiger partial charge in [-0.2, -0.15) is 0 Å². The van der Waals surface area contributed by atoms with Gasteiger partial charge in [0.2, 0.25) is 0 Å². The zero-order chi connectivity index (χ0) is 20.8. The second kappa shape index (κ2) is 7.82. The van der Waals surface area contributed by atoms with E-state index in [4.69, 9.17) is 37.2 Å². The summed E-state index contributed by atoms with van der Waals surface area (Å²) >= 11 is 12.8. The van der Waals surface area contributed by atoms with Crippen molar-refractivity contribution in [3.05, 3.63) is 39.6 Å². The number of likely N-dealkylation sites (tertiary alicyclic amines) is 1. The maximum atomic E-state index is 12.1. The predicted molar refractivity (Wildman–Crippen MR) is 110 cm³/mol. The van der Waals surface area contributed by atoms with Crippen LogP contribution in [0.3, 0.4) is 0 Å². The first-order chi connectivity index (χ1) is 13.7. The highest BCUT2D eigenvalue weighted by Gasteiger charge is 2.37. The first kappa shape index (κ1) is 20.5. The first-order valence-corrected chi connectivity index (χ1v) is 10.5. The van der Waals surface area contributed by atoms with Crippen LogP contribution in [0.1, 0.15) is 50.9 Å². The molecule has 156 valence electrons.